The minimum Gasteiger partial charge on any atom is -0.335 e. The third-order valence-corrected chi connectivity index (χ3v) is 4.96. The van der Waals surface area contributed by atoms with Crippen molar-refractivity contribution in [2.45, 2.75) is 6.54 Å². The number of piperazine rings is 1. The van der Waals surface area contributed by atoms with E-state index in [2.05, 4.69) is 4.90 Å². The maximum absolute atomic E-state index is 13.2. The Morgan fingerprint density at radius 2 is 1.95 bits per heavy atom. The number of hydrogen-bond acceptors (Lipinski definition) is 3. The lowest BCUT2D eigenvalue weighted by atomic mass is 10.2. The molecule has 1 aliphatic heterocycles. The number of amides is 1. The minimum atomic E-state index is -0.208. The first kappa shape index (κ1) is 15.5. The first-order valence-electron chi connectivity index (χ1n) is 7.13. The van der Waals surface area contributed by atoms with Gasteiger partial charge in [0.15, 0.2) is 0 Å². The van der Waals surface area contributed by atoms with Gasteiger partial charge in [0.25, 0.3) is 5.91 Å². The van der Waals surface area contributed by atoms with E-state index in [-0.39, 0.29) is 11.7 Å². The SMILES string of the molecule is O=C(c1ccc(Cl)s1)N1CCN(Cc2cccc(F)c2)CC1. The van der Waals surface area contributed by atoms with Gasteiger partial charge in [0.2, 0.25) is 0 Å². The fraction of sp³-hybridized carbons (Fsp3) is 0.312. The Bertz CT molecular complexity index is 668. The van der Waals surface area contributed by atoms with E-state index in [0.717, 1.165) is 18.7 Å². The standard InChI is InChI=1S/C16H16ClFN2OS/c17-15-5-4-14(22-15)16(21)20-8-6-19(7-9-20)11-12-2-1-3-13(18)10-12/h1-5,10H,6-9,11H2. The number of carbonyl (C=O) groups is 1. The number of nitrogens with zero attached hydrogens (tertiary/aromatic N) is 2. The Morgan fingerprint density at radius 3 is 2.59 bits per heavy atom. The summed E-state index contributed by atoms with van der Waals surface area (Å²) >= 11 is 7.19. The summed E-state index contributed by atoms with van der Waals surface area (Å²) in [6.07, 6.45) is 0. The van der Waals surface area contributed by atoms with Gasteiger partial charge in [-0.3, -0.25) is 9.69 Å². The van der Waals surface area contributed by atoms with Gasteiger partial charge in [0.05, 0.1) is 9.21 Å². The van der Waals surface area contributed by atoms with Crippen molar-refractivity contribution in [3.63, 3.8) is 0 Å². The van der Waals surface area contributed by atoms with E-state index in [1.54, 1.807) is 24.3 Å². The topological polar surface area (TPSA) is 23.6 Å². The van der Waals surface area contributed by atoms with Crippen molar-refractivity contribution in [3.8, 4) is 0 Å². The normalized spacial score (nSPS) is 16.0. The van der Waals surface area contributed by atoms with Gasteiger partial charge >= 0.3 is 0 Å². The molecule has 1 aromatic heterocycles. The van der Waals surface area contributed by atoms with Crippen LogP contribution in [0.3, 0.4) is 0 Å². The second-order valence-corrected chi connectivity index (χ2v) is 7.02. The predicted molar refractivity (Wildman–Crippen MR) is 86.9 cm³/mol. The molecule has 2 aromatic rings. The smallest absolute Gasteiger partial charge is 0.264 e. The molecule has 0 bridgehead atoms. The quantitative estimate of drug-likeness (QED) is 0.855. The summed E-state index contributed by atoms with van der Waals surface area (Å²) in [6, 6.07) is 10.2. The molecule has 0 unspecified atom stereocenters. The zero-order chi connectivity index (χ0) is 15.5. The highest BCUT2D eigenvalue weighted by atomic mass is 35.5. The summed E-state index contributed by atoms with van der Waals surface area (Å²) in [5.74, 6) is -0.164. The molecule has 2 heterocycles. The Labute approximate surface area is 137 Å². The molecule has 22 heavy (non-hydrogen) atoms. The molecule has 0 atom stereocenters. The Morgan fingerprint density at radius 1 is 1.18 bits per heavy atom. The number of hydrogen-bond donors (Lipinski definition) is 0. The average Bonchev–Trinajstić information content (AvgIpc) is 2.94. The molecule has 0 radical (unpaired) electrons. The third-order valence-electron chi connectivity index (χ3n) is 3.74. The predicted octanol–water partition coefficient (Wildman–Crippen LogP) is 3.50. The van der Waals surface area contributed by atoms with Gasteiger partial charge in [-0.1, -0.05) is 23.7 Å². The zero-order valence-electron chi connectivity index (χ0n) is 12.0. The van der Waals surface area contributed by atoms with Gasteiger partial charge in [0, 0.05) is 32.7 Å². The molecule has 1 aliphatic rings. The minimum absolute atomic E-state index is 0.0438. The summed E-state index contributed by atoms with van der Waals surface area (Å²) in [5.41, 5.74) is 0.963. The lowest BCUT2D eigenvalue weighted by Crippen LogP contribution is -2.48. The van der Waals surface area contributed by atoms with E-state index in [4.69, 9.17) is 11.6 Å². The monoisotopic (exact) mass is 338 g/mol. The van der Waals surface area contributed by atoms with Crippen LogP contribution in [0.5, 0.6) is 0 Å². The van der Waals surface area contributed by atoms with Crippen LogP contribution >= 0.6 is 22.9 Å². The van der Waals surface area contributed by atoms with Crippen LogP contribution in [0, 0.1) is 5.82 Å². The number of thiophene rings is 1. The van der Waals surface area contributed by atoms with Crippen LogP contribution in [0.25, 0.3) is 0 Å². The number of benzene rings is 1. The number of halogens is 2. The highest BCUT2D eigenvalue weighted by Gasteiger charge is 2.23. The summed E-state index contributed by atoms with van der Waals surface area (Å²) in [7, 11) is 0. The zero-order valence-corrected chi connectivity index (χ0v) is 13.5. The van der Waals surface area contributed by atoms with Crippen molar-refractivity contribution in [3.05, 3.63) is 57.0 Å². The summed E-state index contributed by atoms with van der Waals surface area (Å²) < 4.78 is 13.8. The van der Waals surface area contributed by atoms with E-state index in [1.807, 2.05) is 11.0 Å². The second-order valence-electron chi connectivity index (χ2n) is 5.30. The summed E-state index contributed by atoms with van der Waals surface area (Å²) in [6.45, 7) is 3.67. The van der Waals surface area contributed by atoms with Gasteiger partial charge in [-0.25, -0.2) is 4.39 Å². The Kier molecular flexibility index (Phi) is 4.76. The van der Waals surface area contributed by atoms with Crippen LogP contribution < -0.4 is 0 Å². The van der Waals surface area contributed by atoms with Crippen molar-refractivity contribution < 1.29 is 9.18 Å². The lowest BCUT2D eigenvalue weighted by Gasteiger charge is -2.34. The van der Waals surface area contributed by atoms with Crippen molar-refractivity contribution in [1.82, 2.24) is 9.80 Å². The molecule has 3 nitrogen and oxygen atoms in total. The molecule has 0 aliphatic carbocycles. The van der Waals surface area contributed by atoms with Gasteiger partial charge in [-0.05, 0) is 29.8 Å². The maximum atomic E-state index is 13.2. The molecule has 116 valence electrons. The van der Waals surface area contributed by atoms with Crippen LogP contribution in [0.4, 0.5) is 4.39 Å². The largest absolute Gasteiger partial charge is 0.335 e. The van der Waals surface area contributed by atoms with E-state index >= 15 is 0 Å². The second kappa shape index (κ2) is 6.77. The van der Waals surface area contributed by atoms with Gasteiger partial charge in [-0.15, -0.1) is 11.3 Å². The molecular weight excluding hydrogens is 323 g/mol. The molecule has 3 rings (SSSR count). The Hall–Kier alpha value is -1.43. The molecule has 1 saturated heterocycles. The maximum Gasteiger partial charge on any atom is 0.264 e. The molecule has 1 fully saturated rings. The van der Waals surface area contributed by atoms with Crippen molar-refractivity contribution in [2.75, 3.05) is 26.2 Å². The van der Waals surface area contributed by atoms with Crippen LogP contribution in [0.15, 0.2) is 36.4 Å². The van der Waals surface area contributed by atoms with E-state index in [1.165, 1.54) is 17.4 Å². The van der Waals surface area contributed by atoms with Crippen molar-refractivity contribution in [1.29, 1.82) is 0 Å². The molecule has 6 heteroatoms. The average molecular weight is 339 g/mol. The molecule has 1 aromatic carbocycles. The lowest BCUT2D eigenvalue weighted by molar-refractivity contribution is 0.0633. The highest BCUT2D eigenvalue weighted by Crippen LogP contribution is 2.23. The first-order chi connectivity index (χ1) is 10.6. The van der Waals surface area contributed by atoms with E-state index in [9.17, 15) is 9.18 Å². The van der Waals surface area contributed by atoms with Crippen LogP contribution in [0.1, 0.15) is 15.2 Å². The van der Waals surface area contributed by atoms with Crippen LogP contribution in [-0.4, -0.2) is 41.9 Å². The van der Waals surface area contributed by atoms with Crippen molar-refractivity contribution in [2.24, 2.45) is 0 Å². The van der Waals surface area contributed by atoms with Crippen molar-refractivity contribution >= 4 is 28.8 Å². The fourth-order valence-corrected chi connectivity index (χ4v) is 3.60. The van der Waals surface area contributed by atoms with E-state index in [0.29, 0.717) is 28.8 Å². The molecule has 1 amide bonds. The molecule has 0 spiro atoms. The van der Waals surface area contributed by atoms with E-state index < -0.39 is 0 Å². The molecular formula is C16H16ClFN2OS. The molecule has 0 saturated carbocycles. The number of carbonyl (C=O) groups excluding carboxylic acids is 1. The molecule has 0 N–H and O–H groups in total. The van der Waals surface area contributed by atoms with Gasteiger partial charge in [0.1, 0.15) is 5.82 Å². The van der Waals surface area contributed by atoms with Gasteiger partial charge in [-0.2, -0.15) is 0 Å². The summed E-state index contributed by atoms with van der Waals surface area (Å²) in [5, 5.41) is 0. The third kappa shape index (κ3) is 3.66. The first-order valence-corrected chi connectivity index (χ1v) is 8.33. The van der Waals surface area contributed by atoms with Crippen LogP contribution in [0.2, 0.25) is 4.34 Å². The summed E-state index contributed by atoms with van der Waals surface area (Å²) in [4.78, 5) is 17.1. The number of rotatable bonds is 3. The van der Waals surface area contributed by atoms with Gasteiger partial charge < -0.3 is 4.90 Å². The van der Waals surface area contributed by atoms with Crippen LogP contribution in [-0.2, 0) is 6.54 Å². The Balaban J connectivity index is 1.55. The fourth-order valence-electron chi connectivity index (χ4n) is 2.59. The highest BCUT2D eigenvalue weighted by molar-refractivity contribution is 7.17.